The summed E-state index contributed by atoms with van der Waals surface area (Å²) < 4.78 is 17.9. The molecule has 4 aromatic rings. The zero-order valence-electron chi connectivity index (χ0n) is 17.4. The van der Waals surface area contributed by atoms with Crippen LogP contribution in [0.15, 0.2) is 39.6 Å². The summed E-state index contributed by atoms with van der Waals surface area (Å²) in [4.78, 5) is 29.9. The van der Waals surface area contributed by atoms with Crippen LogP contribution in [0.2, 0.25) is 10.0 Å². The van der Waals surface area contributed by atoms with Crippen molar-refractivity contribution in [2.75, 3.05) is 12.4 Å². The number of carbonyl (C=O) groups is 1. The topological polar surface area (TPSA) is 124 Å². The lowest BCUT2D eigenvalue weighted by molar-refractivity contribution is 0.101. The van der Waals surface area contributed by atoms with Crippen molar-refractivity contribution < 1.29 is 18.8 Å². The van der Waals surface area contributed by atoms with Crippen molar-refractivity contribution in [3.8, 4) is 17.5 Å². The molecule has 1 amide bonds. The number of hydrogen-bond acceptors (Lipinski definition) is 7. The minimum atomic E-state index is -0.841. The molecule has 0 spiro atoms. The average Bonchev–Trinajstić information content (AvgIpc) is 3.19. The number of aromatic nitrogens is 4. The molecule has 0 saturated heterocycles. The van der Waals surface area contributed by atoms with E-state index in [2.05, 4.69) is 36.5 Å². The van der Waals surface area contributed by atoms with Gasteiger partial charge in [-0.05, 0) is 49.2 Å². The lowest BCUT2D eigenvalue weighted by Crippen LogP contribution is -2.14. The molecule has 0 unspecified atom stereocenters. The van der Waals surface area contributed by atoms with E-state index >= 15 is 0 Å². The highest BCUT2D eigenvalue weighted by atomic mass is 35.5. The maximum Gasteiger partial charge on any atom is 0.439 e. The number of rotatable bonds is 6. The van der Waals surface area contributed by atoms with E-state index in [-0.39, 0.29) is 32.8 Å². The van der Waals surface area contributed by atoms with Gasteiger partial charge in [0.25, 0.3) is 11.9 Å². The summed E-state index contributed by atoms with van der Waals surface area (Å²) in [5.41, 5.74) is 1.91. The third-order valence-corrected chi connectivity index (χ3v) is 5.98. The van der Waals surface area contributed by atoms with Crippen LogP contribution in [-0.4, -0.2) is 32.7 Å². The van der Waals surface area contributed by atoms with Crippen molar-refractivity contribution in [2.45, 2.75) is 25.3 Å². The lowest BCUT2D eigenvalue weighted by Gasteiger charge is -2.15. The van der Waals surface area contributed by atoms with Gasteiger partial charge in [-0.25, -0.2) is 4.79 Å². The van der Waals surface area contributed by atoms with Gasteiger partial charge < -0.3 is 14.8 Å². The molecule has 2 N–H and O–H groups in total. The number of anilines is 1. The Bertz CT molecular complexity index is 1430. The Labute approximate surface area is 196 Å². The summed E-state index contributed by atoms with van der Waals surface area (Å²) in [6.07, 6.45) is 2.07. The first-order valence-electron chi connectivity index (χ1n) is 9.89. The molecule has 0 atom stereocenters. The summed E-state index contributed by atoms with van der Waals surface area (Å²) in [6, 6.07) is 8.94. The molecule has 1 saturated carbocycles. The second-order valence-corrected chi connectivity index (χ2v) is 8.66. The number of imidazole rings is 1. The molecular formula is C21H17Cl2N5O5. The number of benzene rings is 2. The van der Waals surface area contributed by atoms with Crippen LogP contribution in [0.4, 0.5) is 5.69 Å². The number of aromatic amines is 1. The van der Waals surface area contributed by atoms with Crippen molar-refractivity contribution in [1.82, 2.24) is 19.7 Å². The number of nitrogens with zero attached hydrogens (tertiary/aromatic N) is 3. The summed E-state index contributed by atoms with van der Waals surface area (Å²) in [5, 5.41) is 6.20. The molecule has 0 radical (unpaired) electrons. The molecule has 1 fully saturated rings. The van der Waals surface area contributed by atoms with Gasteiger partial charge in [0.2, 0.25) is 5.82 Å². The van der Waals surface area contributed by atoms with Crippen LogP contribution >= 0.6 is 23.2 Å². The van der Waals surface area contributed by atoms with Crippen LogP contribution in [0.3, 0.4) is 0 Å². The zero-order valence-corrected chi connectivity index (χ0v) is 19.0. The van der Waals surface area contributed by atoms with E-state index in [0.717, 1.165) is 23.9 Å². The molecule has 170 valence electrons. The Kier molecular flexibility index (Phi) is 5.06. The molecule has 0 bridgehead atoms. The van der Waals surface area contributed by atoms with Crippen molar-refractivity contribution in [1.29, 1.82) is 0 Å². The van der Waals surface area contributed by atoms with Gasteiger partial charge in [-0.3, -0.25) is 18.9 Å². The van der Waals surface area contributed by atoms with E-state index in [1.165, 1.54) is 12.1 Å². The van der Waals surface area contributed by atoms with Crippen LogP contribution in [0, 0.1) is 0 Å². The Hall–Kier alpha value is -3.50. The summed E-state index contributed by atoms with van der Waals surface area (Å²) in [6.45, 7) is 2.15. The first kappa shape index (κ1) is 21.4. The third-order valence-electron chi connectivity index (χ3n) is 5.42. The van der Waals surface area contributed by atoms with Crippen LogP contribution in [-0.2, 0) is 5.54 Å². The normalized spacial score (nSPS) is 14.3. The highest BCUT2D eigenvalue weighted by Crippen LogP contribution is 2.48. The summed E-state index contributed by atoms with van der Waals surface area (Å²) >= 11 is 12.8. The van der Waals surface area contributed by atoms with Gasteiger partial charge in [0.05, 0.1) is 28.2 Å². The molecule has 1 aliphatic carbocycles. The molecule has 2 aromatic heterocycles. The lowest BCUT2D eigenvalue weighted by atomic mass is 10.2. The maximum absolute atomic E-state index is 12.2. The van der Waals surface area contributed by atoms with Gasteiger partial charge in [-0.15, -0.1) is 0 Å². The van der Waals surface area contributed by atoms with Gasteiger partial charge in [0.15, 0.2) is 5.75 Å². The summed E-state index contributed by atoms with van der Waals surface area (Å²) in [7, 11) is 1.60. The molecule has 10 nitrogen and oxygen atoms in total. The minimum absolute atomic E-state index is 0.0397. The standard InChI is InChI=1S/C21H17Cl2N5O5/c1-21(5-6-21)28-15-9-11(3-4-14(15)25-19(28)31-2)32-16-12(22)7-10(8-13(16)23)24-18(29)17-26-20(30)33-27-17/h3-4,7-9H,5-6H2,1-2H3,(H,24,29)(H,26,27,30). The Morgan fingerprint density at radius 2 is 1.97 bits per heavy atom. The van der Waals surface area contributed by atoms with Crippen LogP contribution in [0.1, 0.15) is 30.4 Å². The van der Waals surface area contributed by atoms with Crippen LogP contribution in [0.25, 0.3) is 11.0 Å². The SMILES string of the molecule is COc1nc2ccc(Oc3c(Cl)cc(NC(=O)c4noc(=O)[nH]4)cc3Cl)cc2n1C1(C)CC1. The fourth-order valence-electron chi connectivity index (χ4n) is 3.52. The molecule has 2 aromatic carbocycles. The highest BCUT2D eigenvalue weighted by molar-refractivity contribution is 6.37. The van der Waals surface area contributed by atoms with E-state index in [4.69, 9.17) is 32.7 Å². The quantitative estimate of drug-likeness (QED) is 0.405. The molecule has 0 aliphatic heterocycles. The second-order valence-electron chi connectivity index (χ2n) is 7.85. The van der Waals surface area contributed by atoms with Crippen molar-refractivity contribution in [3.63, 3.8) is 0 Å². The predicted molar refractivity (Wildman–Crippen MR) is 121 cm³/mol. The highest BCUT2D eigenvalue weighted by Gasteiger charge is 2.42. The molecule has 1 aliphatic rings. The first-order valence-corrected chi connectivity index (χ1v) is 10.6. The number of fused-ring (bicyclic) bond motifs is 1. The summed E-state index contributed by atoms with van der Waals surface area (Å²) in [5.74, 6) is -1.08. The largest absolute Gasteiger partial charge is 0.468 e. The van der Waals surface area contributed by atoms with Gasteiger partial charge in [0.1, 0.15) is 5.75 Å². The predicted octanol–water partition coefficient (Wildman–Crippen LogP) is 4.58. The van der Waals surface area contributed by atoms with Crippen molar-refractivity contribution in [2.24, 2.45) is 0 Å². The smallest absolute Gasteiger partial charge is 0.439 e. The van der Waals surface area contributed by atoms with E-state index < -0.39 is 11.7 Å². The van der Waals surface area contributed by atoms with Crippen molar-refractivity contribution >= 4 is 45.8 Å². The monoisotopic (exact) mass is 489 g/mol. The number of ether oxygens (including phenoxy) is 2. The Morgan fingerprint density at radius 3 is 2.58 bits per heavy atom. The number of hydrogen-bond donors (Lipinski definition) is 2. The number of carbonyl (C=O) groups excluding carboxylic acids is 1. The third kappa shape index (κ3) is 3.91. The number of nitrogens with one attached hydrogen (secondary N) is 2. The maximum atomic E-state index is 12.2. The van der Waals surface area contributed by atoms with E-state index in [1.807, 2.05) is 12.1 Å². The molecule has 12 heteroatoms. The average molecular weight is 490 g/mol. The molecule has 2 heterocycles. The minimum Gasteiger partial charge on any atom is -0.468 e. The molecule has 33 heavy (non-hydrogen) atoms. The van der Waals surface area contributed by atoms with Crippen LogP contribution in [0.5, 0.6) is 17.5 Å². The Morgan fingerprint density at radius 1 is 1.24 bits per heavy atom. The fourth-order valence-corrected chi connectivity index (χ4v) is 4.09. The number of amides is 1. The second kappa shape index (κ2) is 7.82. The Balaban J connectivity index is 1.43. The first-order chi connectivity index (χ1) is 15.8. The van der Waals surface area contributed by atoms with E-state index in [9.17, 15) is 9.59 Å². The number of halogens is 2. The molecular weight excluding hydrogens is 473 g/mol. The number of H-pyrrole nitrogens is 1. The van der Waals surface area contributed by atoms with E-state index in [0.29, 0.717) is 11.8 Å². The number of methoxy groups -OCH3 is 1. The van der Waals surface area contributed by atoms with Gasteiger partial charge in [-0.2, -0.15) is 4.98 Å². The zero-order chi connectivity index (χ0) is 23.3. The van der Waals surface area contributed by atoms with E-state index in [1.54, 1.807) is 13.2 Å². The fraction of sp³-hybridized carbons (Fsp3) is 0.238. The van der Waals surface area contributed by atoms with Gasteiger partial charge in [0, 0.05) is 17.3 Å². The van der Waals surface area contributed by atoms with Gasteiger partial charge in [-0.1, -0.05) is 23.2 Å². The van der Waals surface area contributed by atoms with Gasteiger partial charge >= 0.3 is 5.76 Å². The van der Waals surface area contributed by atoms with Crippen molar-refractivity contribution in [3.05, 3.63) is 56.8 Å². The molecule has 5 rings (SSSR count). The van der Waals surface area contributed by atoms with Crippen LogP contribution < -0.4 is 20.5 Å².